The molecule has 0 radical (unpaired) electrons. The Bertz CT molecular complexity index is 452. The predicted octanol–water partition coefficient (Wildman–Crippen LogP) is 0.126. The summed E-state index contributed by atoms with van der Waals surface area (Å²) in [5.74, 6) is 0.470. The molecule has 0 unspecified atom stereocenters. The summed E-state index contributed by atoms with van der Waals surface area (Å²) < 4.78 is 0. The maximum Gasteiger partial charge on any atom is 0.269 e. The fourth-order valence-electron chi connectivity index (χ4n) is 2.70. The van der Waals surface area contributed by atoms with Crippen LogP contribution in [0, 0.1) is 16.0 Å². The molecule has 1 aliphatic rings. The zero-order valence-electron chi connectivity index (χ0n) is 13.5. The minimum Gasteiger partial charge on any atom is -0.315 e. The Morgan fingerprint density at radius 3 is 1.83 bits per heavy atom. The highest BCUT2D eigenvalue weighted by Gasteiger charge is 2.11. The van der Waals surface area contributed by atoms with E-state index in [1.807, 2.05) is 12.1 Å². The SMILES string of the molecule is O=[N+]([O-])c1ccc(CC2CNCCNCCNCCNC2)cc1. The molecular weight excluding hydrogens is 294 g/mol. The summed E-state index contributed by atoms with van der Waals surface area (Å²) in [6.45, 7) is 7.73. The number of nitrogens with zero attached hydrogens (tertiary/aromatic N) is 1. The van der Waals surface area contributed by atoms with Crippen molar-refractivity contribution in [3.63, 3.8) is 0 Å². The first-order valence-corrected chi connectivity index (χ1v) is 8.32. The van der Waals surface area contributed by atoms with Crippen LogP contribution in [0.5, 0.6) is 0 Å². The van der Waals surface area contributed by atoms with E-state index in [1.165, 1.54) is 0 Å². The standard InChI is InChI=1S/C16H27N5O2/c22-21(23)16-3-1-14(2-4-16)11-15-12-19-9-7-17-5-6-18-8-10-20-13-15/h1-4,15,17-20H,5-13H2. The Hall–Kier alpha value is -1.54. The van der Waals surface area contributed by atoms with Crippen molar-refractivity contribution in [2.24, 2.45) is 5.92 Å². The molecule has 2 rings (SSSR count). The summed E-state index contributed by atoms with van der Waals surface area (Å²) in [4.78, 5) is 10.4. The molecule has 0 atom stereocenters. The van der Waals surface area contributed by atoms with Crippen LogP contribution in [-0.2, 0) is 6.42 Å². The molecular formula is C16H27N5O2. The van der Waals surface area contributed by atoms with Gasteiger partial charge in [-0.25, -0.2) is 0 Å². The first kappa shape index (κ1) is 17.8. The van der Waals surface area contributed by atoms with Crippen LogP contribution in [0.15, 0.2) is 24.3 Å². The van der Waals surface area contributed by atoms with Gasteiger partial charge in [-0.15, -0.1) is 0 Å². The number of rotatable bonds is 3. The topological polar surface area (TPSA) is 91.3 Å². The fourth-order valence-corrected chi connectivity index (χ4v) is 2.70. The average molecular weight is 321 g/mol. The van der Waals surface area contributed by atoms with Crippen LogP contribution in [-0.4, -0.2) is 57.3 Å². The molecule has 4 N–H and O–H groups in total. The van der Waals surface area contributed by atoms with Gasteiger partial charge >= 0.3 is 0 Å². The summed E-state index contributed by atoms with van der Waals surface area (Å²) in [7, 11) is 0. The van der Waals surface area contributed by atoms with Gasteiger partial charge in [0.1, 0.15) is 0 Å². The maximum atomic E-state index is 10.7. The lowest BCUT2D eigenvalue weighted by Gasteiger charge is -2.18. The van der Waals surface area contributed by atoms with Crippen molar-refractivity contribution in [3.8, 4) is 0 Å². The second-order valence-corrected chi connectivity index (χ2v) is 5.90. The van der Waals surface area contributed by atoms with Crippen LogP contribution < -0.4 is 21.3 Å². The molecule has 0 amide bonds. The van der Waals surface area contributed by atoms with Gasteiger partial charge in [0.2, 0.25) is 0 Å². The third-order valence-electron chi connectivity index (χ3n) is 3.97. The summed E-state index contributed by atoms with van der Waals surface area (Å²) in [6, 6.07) is 6.90. The normalized spacial score (nSPS) is 19.3. The minimum atomic E-state index is -0.355. The van der Waals surface area contributed by atoms with Crippen molar-refractivity contribution in [1.29, 1.82) is 0 Å². The number of hydrogen-bond donors (Lipinski definition) is 4. The van der Waals surface area contributed by atoms with Crippen molar-refractivity contribution >= 4 is 5.69 Å². The molecule has 0 saturated carbocycles. The van der Waals surface area contributed by atoms with E-state index in [2.05, 4.69) is 21.3 Å². The Balaban J connectivity index is 1.86. The number of nitro benzene ring substituents is 1. The van der Waals surface area contributed by atoms with Crippen LogP contribution in [0.3, 0.4) is 0 Å². The van der Waals surface area contributed by atoms with Crippen molar-refractivity contribution in [2.75, 3.05) is 52.4 Å². The van der Waals surface area contributed by atoms with Crippen molar-refractivity contribution in [2.45, 2.75) is 6.42 Å². The van der Waals surface area contributed by atoms with E-state index < -0.39 is 0 Å². The highest BCUT2D eigenvalue weighted by atomic mass is 16.6. The molecule has 23 heavy (non-hydrogen) atoms. The van der Waals surface area contributed by atoms with E-state index in [4.69, 9.17) is 0 Å². The maximum absolute atomic E-state index is 10.7. The highest BCUT2D eigenvalue weighted by molar-refractivity contribution is 5.33. The van der Waals surface area contributed by atoms with Gasteiger partial charge in [0.05, 0.1) is 4.92 Å². The van der Waals surface area contributed by atoms with E-state index in [9.17, 15) is 10.1 Å². The van der Waals surface area contributed by atoms with Crippen molar-refractivity contribution < 1.29 is 4.92 Å². The number of benzene rings is 1. The van der Waals surface area contributed by atoms with Crippen LogP contribution in [0.25, 0.3) is 0 Å². The monoisotopic (exact) mass is 321 g/mol. The fraction of sp³-hybridized carbons (Fsp3) is 0.625. The number of nitrogens with one attached hydrogen (secondary N) is 4. The third kappa shape index (κ3) is 7.04. The minimum absolute atomic E-state index is 0.150. The first-order valence-electron chi connectivity index (χ1n) is 8.32. The molecule has 1 heterocycles. The second-order valence-electron chi connectivity index (χ2n) is 5.90. The van der Waals surface area contributed by atoms with Crippen LogP contribution in [0.1, 0.15) is 5.56 Å². The van der Waals surface area contributed by atoms with Gasteiger partial charge in [-0.1, -0.05) is 12.1 Å². The molecule has 0 aliphatic carbocycles. The molecule has 0 bridgehead atoms. The Morgan fingerprint density at radius 1 is 0.870 bits per heavy atom. The van der Waals surface area contributed by atoms with Gasteiger partial charge in [-0.2, -0.15) is 0 Å². The molecule has 1 saturated heterocycles. The Morgan fingerprint density at radius 2 is 1.35 bits per heavy atom. The summed E-state index contributed by atoms with van der Waals surface area (Å²) >= 11 is 0. The van der Waals surface area contributed by atoms with Crippen molar-refractivity contribution in [3.05, 3.63) is 39.9 Å². The molecule has 128 valence electrons. The average Bonchev–Trinajstić information content (AvgIpc) is 2.57. The zero-order chi connectivity index (χ0) is 16.3. The van der Waals surface area contributed by atoms with E-state index in [-0.39, 0.29) is 10.6 Å². The van der Waals surface area contributed by atoms with Gasteiger partial charge in [0.15, 0.2) is 0 Å². The lowest BCUT2D eigenvalue weighted by atomic mass is 9.98. The van der Waals surface area contributed by atoms with E-state index in [1.54, 1.807) is 12.1 Å². The van der Waals surface area contributed by atoms with Gasteiger partial charge in [0, 0.05) is 51.4 Å². The molecule has 1 fully saturated rings. The van der Waals surface area contributed by atoms with E-state index in [0.29, 0.717) is 5.92 Å². The molecule has 0 aromatic heterocycles. The Kier molecular flexibility index (Phi) is 7.96. The third-order valence-corrected chi connectivity index (χ3v) is 3.97. The largest absolute Gasteiger partial charge is 0.315 e. The van der Waals surface area contributed by atoms with E-state index >= 15 is 0 Å². The second kappa shape index (κ2) is 10.3. The zero-order valence-corrected chi connectivity index (χ0v) is 13.5. The predicted molar refractivity (Wildman–Crippen MR) is 91.8 cm³/mol. The smallest absolute Gasteiger partial charge is 0.269 e. The van der Waals surface area contributed by atoms with Crippen LogP contribution >= 0.6 is 0 Å². The number of nitro groups is 1. The number of non-ortho nitro benzene ring substituents is 1. The van der Waals surface area contributed by atoms with Gasteiger partial charge in [-0.05, 0) is 31.0 Å². The molecule has 0 spiro atoms. The van der Waals surface area contributed by atoms with Gasteiger partial charge in [0.25, 0.3) is 5.69 Å². The van der Waals surface area contributed by atoms with Gasteiger partial charge < -0.3 is 21.3 Å². The summed E-state index contributed by atoms with van der Waals surface area (Å²) in [5, 5.41) is 24.5. The van der Waals surface area contributed by atoms with Crippen LogP contribution in [0.4, 0.5) is 5.69 Å². The summed E-state index contributed by atoms with van der Waals surface area (Å²) in [5.41, 5.74) is 1.29. The quantitative estimate of drug-likeness (QED) is 0.467. The number of hydrogen-bond acceptors (Lipinski definition) is 6. The molecule has 1 aliphatic heterocycles. The first-order chi connectivity index (χ1) is 11.3. The van der Waals surface area contributed by atoms with Gasteiger partial charge in [-0.3, -0.25) is 10.1 Å². The highest BCUT2D eigenvalue weighted by Crippen LogP contribution is 2.14. The molecule has 1 aromatic carbocycles. The molecule has 7 nitrogen and oxygen atoms in total. The lowest BCUT2D eigenvalue weighted by Crippen LogP contribution is -2.36. The molecule has 1 aromatic rings. The van der Waals surface area contributed by atoms with E-state index in [0.717, 1.165) is 64.3 Å². The van der Waals surface area contributed by atoms with Crippen molar-refractivity contribution in [1.82, 2.24) is 21.3 Å². The molecule has 7 heteroatoms. The van der Waals surface area contributed by atoms with Crippen LogP contribution in [0.2, 0.25) is 0 Å². The Labute approximate surface area is 137 Å². The summed E-state index contributed by atoms with van der Waals surface area (Å²) in [6.07, 6.45) is 0.916. The lowest BCUT2D eigenvalue weighted by molar-refractivity contribution is -0.384.